The molecule has 0 radical (unpaired) electrons. The molecule has 0 bridgehead atoms. The first kappa shape index (κ1) is 12.4. The lowest BCUT2D eigenvalue weighted by Crippen LogP contribution is -2.70. The van der Waals surface area contributed by atoms with Crippen molar-refractivity contribution in [2.75, 3.05) is 13.7 Å². The summed E-state index contributed by atoms with van der Waals surface area (Å²) in [5.41, 5.74) is 0. The lowest BCUT2D eigenvalue weighted by Gasteiger charge is -2.47. The highest BCUT2D eigenvalue weighted by Crippen LogP contribution is 2.42. The second-order valence-corrected chi connectivity index (χ2v) is 6.63. The van der Waals surface area contributed by atoms with Gasteiger partial charge < -0.3 is 9.47 Å². The van der Waals surface area contributed by atoms with Gasteiger partial charge in [0, 0.05) is 7.11 Å². The second-order valence-electron chi connectivity index (χ2n) is 3.98. The van der Waals surface area contributed by atoms with Gasteiger partial charge in [-0.05, 0) is 20.8 Å². The lowest BCUT2D eigenvalue weighted by atomic mass is 10.0. The molecule has 88 valence electrons. The number of hydrogen-bond donors (Lipinski definition) is 0. The fourth-order valence-corrected chi connectivity index (χ4v) is 3.91. The Kier molecular flexibility index (Phi) is 3.11. The summed E-state index contributed by atoms with van der Waals surface area (Å²) < 4.78 is 32.3. The summed E-state index contributed by atoms with van der Waals surface area (Å²) >= 11 is 0. The van der Waals surface area contributed by atoms with Crippen molar-refractivity contribution in [1.82, 2.24) is 0 Å². The van der Waals surface area contributed by atoms with E-state index < -0.39 is 31.9 Å². The normalized spacial score (nSPS) is 31.7. The first-order chi connectivity index (χ1) is 6.80. The van der Waals surface area contributed by atoms with Crippen LogP contribution in [0.2, 0.25) is 0 Å². The number of sulfone groups is 1. The third kappa shape index (κ3) is 1.56. The number of methoxy groups -OCH3 is 1. The van der Waals surface area contributed by atoms with Gasteiger partial charge in [-0.2, -0.15) is 0 Å². The molecule has 1 fully saturated rings. The predicted octanol–water partition coefficient (Wildman–Crippen LogP) is 0.140. The molecular weight excluding hydrogens is 220 g/mol. The average Bonchev–Trinajstić information content (AvgIpc) is 2.12. The summed E-state index contributed by atoms with van der Waals surface area (Å²) in [6.07, 6.45) is -0.624. The summed E-state index contributed by atoms with van der Waals surface area (Å²) in [7, 11) is -2.09. The molecule has 0 amide bonds. The summed E-state index contributed by atoms with van der Waals surface area (Å²) in [5.74, 6) is -0.719. The van der Waals surface area contributed by atoms with E-state index in [4.69, 9.17) is 9.47 Å². The van der Waals surface area contributed by atoms with Crippen molar-refractivity contribution in [3.05, 3.63) is 0 Å². The van der Waals surface area contributed by atoms with Crippen molar-refractivity contribution in [2.24, 2.45) is 0 Å². The van der Waals surface area contributed by atoms with Crippen molar-refractivity contribution < 1.29 is 22.7 Å². The van der Waals surface area contributed by atoms with Crippen LogP contribution in [0, 0.1) is 0 Å². The zero-order valence-electron chi connectivity index (χ0n) is 9.31. The summed E-state index contributed by atoms with van der Waals surface area (Å²) in [6, 6.07) is 0. The van der Waals surface area contributed by atoms with Crippen LogP contribution in [0.25, 0.3) is 0 Å². The minimum absolute atomic E-state index is 0.168. The van der Waals surface area contributed by atoms with Gasteiger partial charge in [0.05, 0.1) is 11.4 Å². The molecule has 0 aromatic heterocycles. The molecule has 1 aliphatic rings. The van der Waals surface area contributed by atoms with E-state index in [1.54, 1.807) is 20.8 Å². The van der Waals surface area contributed by atoms with E-state index in [9.17, 15) is 13.2 Å². The topological polar surface area (TPSA) is 69.7 Å². The number of hydrogen-bond acceptors (Lipinski definition) is 5. The largest absolute Gasteiger partial charge is 0.465 e. The Labute approximate surface area is 89.7 Å². The van der Waals surface area contributed by atoms with Gasteiger partial charge >= 0.3 is 5.97 Å². The van der Waals surface area contributed by atoms with Crippen LogP contribution in [0.1, 0.15) is 20.8 Å². The number of ether oxygens (including phenoxy) is 2. The molecule has 0 aromatic carbocycles. The van der Waals surface area contributed by atoms with Crippen LogP contribution in [0.4, 0.5) is 0 Å². The van der Waals surface area contributed by atoms with Gasteiger partial charge in [-0.3, -0.25) is 4.79 Å². The quantitative estimate of drug-likeness (QED) is 0.652. The van der Waals surface area contributed by atoms with Gasteiger partial charge in [-0.15, -0.1) is 0 Å². The minimum Gasteiger partial charge on any atom is -0.465 e. The minimum atomic E-state index is -3.48. The molecule has 0 saturated carbocycles. The van der Waals surface area contributed by atoms with E-state index in [-0.39, 0.29) is 6.61 Å². The summed E-state index contributed by atoms with van der Waals surface area (Å²) in [4.78, 5) is 11.4. The summed E-state index contributed by atoms with van der Waals surface area (Å²) in [5, 5.41) is -1.17. The van der Waals surface area contributed by atoms with Crippen molar-refractivity contribution in [3.8, 4) is 0 Å². The van der Waals surface area contributed by atoms with Gasteiger partial charge in [0.1, 0.15) is 6.10 Å². The van der Waals surface area contributed by atoms with Crippen LogP contribution >= 0.6 is 0 Å². The maximum Gasteiger partial charge on any atom is 0.327 e. The Hall–Kier alpha value is -0.620. The maximum atomic E-state index is 11.8. The van der Waals surface area contributed by atoms with Crippen LogP contribution in [0.3, 0.4) is 0 Å². The van der Waals surface area contributed by atoms with E-state index in [0.29, 0.717) is 0 Å². The van der Waals surface area contributed by atoms with Gasteiger partial charge in [0.15, 0.2) is 15.1 Å². The van der Waals surface area contributed by atoms with E-state index in [2.05, 4.69) is 0 Å². The number of rotatable bonds is 3. The Morgan fingerprint density at radius 2 is 1.93 bits per heavy atom. The van der Waals surface area contributed by atoms with Crippen molar-refractivity contribution in [1.29, 1.82) is 0 Å². The number of esters is 1. The fourth-order valence-electron chi connectivity index (χ4n) is 1.83. The molecule has 0 aliphatic carbocycles. The standard InChI is InChI=1S/C9H16O5S/c1-5-14-8(10)6-7(13-4)9(2,3)15(6,11)12/h6-7H,5H2,1-4H3/t6-,7+/m1/s1. The summed E-state index contributed by atoms with van der Waals surface area (Å²) in [6.45, 7) is 4.90. The molecule has 1 aliphatic heterocycles. The average molecular weight is 236 g/mol. The van der Waals surface area contributed by atoms with Gasteiger partial charge in [-0.25, -0.2) is 8.42 Å². The SMILES string of the molecule is CCOC(=O)[C@H]1[C@H](OC)C(C)(C)S1(=O)=O. The van der Waals surface area contributed by atoms with Crippen LogP contribution < -0.4 is 0 Å². The van der Waals surface area contributed by atoms with E-state index in [1.807, 2.05) is 0 Å². The van der Waals surface area contributed by atoms with Crippen LogP contribution in [-0.4, -0.2) is 44.2 Å². The zero-order valence-corrected chi connectivity index (χ0v) is 10.1. The van der Waals surface area contributed by atoms with Gasteiger partial charge in [0.2, 0.25) is 0 Å². The number of carbonyl (C=O) groups excluding carboxylic acids is 1. The first-order valence-electron chi connectivity index (χ1n) is 4.73. The molecule has 0 spiro atoms. The van der Waals surface area contributed by atoms with Crippen LogP contribution in [0.5, 0.6) is 0 Å². The van der Waals surface area contributed by atoms with E-state index in [1.165, 1.54) is 7.11 Å². The zero-order chi connectivity index (χ0) is 11.9. The Bertz CT molecular complexity index is 357. The molecule has 15 heavy (non-hydrogen) atoms. The molecule has 1 saturated heterocycles. The van der Waals surface area contributed by atoms with Crippen LogP contribution in [-0.2, 0) is 24.1 Å². The van der Waals surface area contributed by atoms with E-state index >= 15 is 0 Å². The number of carbonyl (C=O) groups is 1. The van der Waals surface area contributed by atoms with Crippen molar-refractivity contribution in [2.45, 2.75) is 36.9 Å². The molecule has 1 heterocycles. The molecule has 0 unspecified atom stereocenters. The Balaban J connectivity index is 2.97. The Morgan fingerprint density at radius 3 is 2.33 bits per heavy atom. The lowest BCUT2D eigenvalue weighted by molar-refractivity contribution is -0.147. The molecule has 2 atom stereocenters. The van der Waals surface area contributed by atoms with Gasteiger partial charge in [0.25, 0.3) is 0 Å². The third-order valence-corrected chi connectivity index (χ3v) is 5.61. The highest BCUT2D eigenvalue weighted by Gasteiger charge is 2.66. The van der Waals surface area contributed by atoms with Crippen molar-refractivity contribution >= 4 is 15.8 Å². The highest BCUT2D eigenvalue weighted by atomic mass is 32.2. The monoisotopic (exact) mass is 236 g/mol. The molecule has 6 heteroatoms. The van der Waals surface area contributed by atoms with Crippen molar-refractivity contribution in [3.63, 3.8) is 0 Å². The molecule has 0 aromatic rings. The van der Waals surface area contributed by atoms with E-state index in [0.717, 1.165) is 0 Å². The van der Waals surface area contributed by atoms with Gasteiger partial charge in [-0.1, -0.05) is 0 Å². The molecule has 1 rings (SSSR count). The van der Waals surface area contributed by atoms with Crippen LogP contribution in [0.15, 0.2) is 0 Å². The maximum absolute atomic E-state index is 11.8. The first-order valence-corrected chi connectivity index (χ1v) is 6.28. The smallest absolute Gasteiger partial charge is 0.327 e. The highest BCUT2D eigenvalue weighted by molar-refractivity contribution is 7.95. The Morgan fingerprint density at radius 1 is 1.40 bits per heavy atom. The molecular formula is C9H16O5S. The molecule has 0 N–H and O–H groups in total. The molecule has 5 nitrogen and oxygen atoms in total. The third-order valence-electron chi connectivity index (χ3n) is 2.80. The fraction of sp³-hybridized carbons (Fsp3) is 0.889. The second kappa shape index (κ2) is 3.75. The predicted molar refractivity (Wildman–Crippen MR) is 54.2 cm³/mol.